The first-order valence-electron chi connectivity index (χ1n) is 2.74. The van der Waals surface area contributed by atoms with E-state index in [0.717, 1.165) is 0 Å². The van der Waals surface area contributed by atoms with Crippen molar-refractivity contribution in [1.82, 2.24) is 0 Å². The van der Waals surface area contributed by atoms with Crippen molar-refractivity contribution in [3.05, 3.63) is 35.3 Å². The van der Waals surface area contributed by atoms with Crippen molar-refractivity contribution in [3.63, 3.8) is 0 Å². The first-order chi connectivity index (χ1) is 3.97. The van der Waals surface area contributed by atoms with Gasteiger partial charge in [-0.25, -0.2) is 0 Å². The van der Waals surface area contributed by atoms with Crippen molar-refractivity contribution in [2.45, 2.75) is 0 Å². The van der Waals surface area contributed by atoms with Crippen LogP contribution in [0.1, 0.15) is 0 Å². The van der Waals surface area contributed by atoms with Gasteiger partial charge in [-0.3, -0.25) is 0 Å². The fourth-order valence-corrected chi connectivity index (χ4v) is 1.01. The van der Waals surface area contributed by atoms with Gasteiger partial charge in [0.15, 0.2) is 0 Å². The van der Waals surface area contributed by atoms with Crippen LogP contribution in [0.5, 0.6) is 0 Å². The Labute approximate surface area is 49.1 Å². The van der Waals surface area contributed by atoms with E-state index in [2.05, 4.69) is 37.2 Å². The standard InChI is InChI=1S/C7H5B/c1-2-6-4-5-8-7(6)3-1/h1-5H. The van der Waals surface area contributed by atoms with Crippen LogP contribution in [0.2, 0.25) is 0 Å². The van der Waals surface area contributed by atoms with Crippen LogP contribution < -0.4 is 0 Å². The van der Waals surface area contributed by atoms with E-state index < -0.39 is 0 Å². The third kappa shape index (κ3) is 0.387. The summed E-state index contributed by atoms with van der Waals surface area (Å²) in [6.07, 6.45) is 8.44. The van der Waals surface area contributed by atoms with Gasteiger partial charge in [-0.1, -0.05) is 0 Å². The molecule has 0 atom stereocenters. The van der Waals surface area contributed by atoms with Gasteiger partial charge in [0.2, 0.25) is 0 Å². The molecular formula is C7H5B. The Hall–Kier alpha value is -0.845. The van der Waals surface area contributed by atoms with Crippen LogP contribution in [0.3, 0.4) is 0 Å². The molecule has 0 N–H and O–H groups in total. The molecule has 0 bridgehead atoms. The Morgan fingerprint density at radius 3 is 3.12 bits per heavy atom. The maximum absolute atomic E-state index is 2.12. The second-order valence-electron chi connectivity index (χ2n) is 1.96. The molecule has 0 spiro atoms. The van der Waals surface area contributed by atoms with Crippen molar-refractivity contribution >= 4 is 12.9 Å². The zero-order valence-electron chi connectivity index (χ0n) is 4.46. The van der Waals surface area contributed by atoms with Crippen LogP contribution in [-0.4, -0.2) is 12.9 Å². The van der Waals surface area contributed by atoms with Gasteiger partial charge in [0.25, 0.3) is 0 Å². The molecule has 0 amide bonds. The van der Waals surface area contributed by atoms with E-state index in [-0.39, 0.29) is 0 Å². The van der Waals surface area contributed by atoms with Crippen molar-refractivity contribution < 1.29 is 0 Å². The normalized spacial score (nSPS) is 20.0. The average Bonchev–Trinajstić information content (AvgIpc) is 2.15. The third-order valence-electron chi connectivity index (χ3n) is 1.44. The van der Waals surface area contributed by atoms with E-state index in [1.807, 2.05) is 0 Å². The summed E-state index contributed by atoms with van der Waals surface area (Å²) in [6, 6.07) is 0. The van der Waals surface area contributed by atoms with Crippen molar-refractivity contribution in [3.8, 4) is 0 Å². The van der Waals surface area contributed by atoms with Crippen molar-refractivity contribution in [2.24, 2.45) is 0 Å². The van der Waals surface area contributed by atoms with Crippen molar-refractivity contribution in [1.29, 1.82) is 0 Å². The molecule has 0 nitrogen and oxygen atoms in total. The predicted octanol–water partition coefficient (Wildman–Crippen LogP) is 0.886. The second kappa shape index (κ2) is 1.31. The molecular weight excluding hydrogens is 94.9 g/mol. The van der Waals surface area contributed by atoms with Gasteiger partial charge in [-0.15, -0.1) is 0 Å². The molecule has 1 aliphatic heterocycles. The molecule has 0 fully saturated rings. The Morgan fingerprint density at radius 2 is 2.25 bits per heavy atom. The molecule has 0 radical (unpaired) electrons. The first kappa shape index (κ1) is 4.08. The van der Waals surface area contributed by atoms with Crippen LogP contribution in [0.4, 0.5) is 0 Å². The average molecular weight is 99.9 g/mol. The summed E-state index contributed by atoms with van der Waals surface area (Å²) in [7, 11) is 0. The Kier molecular flexibility index (Phi) is 0.670. The van der Waals surface area contributed by atoms with Crippen LogP contribution in [0.15, 0.2) is 35.3 Å². The van der Waals surface area contributed by atoms with E-state index in [1.165, 1.54) is 11.0 Å². The zero-order chi connectivity index (χ0) is 5.40. The molecule has 0 saturated heterocycles. The van der Waals surface area contributed by atoms with Gasteiger partial charge >= 0.3 is 48.2 Å². The van der Waals surface area contributed by atoms with Crippen molar-refractivity contribution in [2.75, 3.05) is 0 Å². The zero-order valence-corrected chi connectivity index (χ0v) is 4.46. The summed E-state index contributed by atoms with van der Waals surface area (Å²) in [4.78, 5) is 0. The third-order valence-corrected chi connectivity index (χ3v) is 1.44. The number of rotatable bonds is 0. The van der Waals surface area contributed by atoms with Crippen LogP contribution >= 0.6 is 0 Å². The fraction of sp³-hybridized carbons (Fsp3) is 0. The Morgan fingerprint density at radius 1 is 1.25 bits per heavy atom. The topological polar surface area (TPSA) is 0 Å². The number of hydrogen-bond donors (Lipinski definition) is 0. The fourth-order valence-electron chi connectivity index (χ4n) is 1.01. The van der Waals surface area contributed by atoms with E-state index >= 15 is 0 Å². The minimum absolute atomic E-state index is 1.35. The summed E-state index contributed by atoms with van der Waals surface area (Å²) in [5, 5.41) is 0. The Bertz CT molecular complexity index is 203. The van der Waals surface area contributed by atoms with E-state index in [0.29, 0.717) is 0 Å². The summed E-state index contributed by atoms with van der Waals surface area (Å²) >= 11 is 0. The summed E-state index contributed by atoms with van der Waals surface area (Å²) in [6.45, 7) is 2.12. The molecule has 1 aliphatic carbocycles. The quantitative estimate of drug-likeness (QED) is 0.396. The van der Waals surface area contributed by atoms with Gasteiger partial charge in [0.05, 0.1) is 0 Å². The molecule has 0 aromatic heterocycles. The van der Waals surface area contributed by atoms with Gasteiger partial charge < -0.3 is 0 Å². The monoisotopic (exact) mass is 100 g/mol. The van der Waals surface area contributed by atoms with Gasteiger partial charge in [0, 0.05) is 0 Å². The summed E-state index contributed by atoms with van der Waals surface area (Å²) in [5.41, 5.74) is 2.70. The molecule has 1 heteroatoms. The molecule has 1 heterocycles. The van der Waals surface area contributed by atoms with Crippen LogP contribution in [0, 0.1) is 0 Å². The molecule has 2 aliphatic rings. The molecule has 0 saturated carbocycles. The number of allylic oxidation sites excluding steroid dienone is 6. The van der Waals surface area contributed by atoms with E-state index in [1.54, 1.807) is 0 Å². The molecule has 2 rings (SSSR count). The van der Waals surface area contributed by atoms with Gasteiger partial charge in [-0.2, -0.15) is 0 Å². The molecule has 36 valence electrons. The van der Waals surface area contributed by atoms with E-state index in [9.17, 15) is 0 Å². The minimum atomic E-state index is 1.35. The molecule has 0 unspecified atom stereocenters. The first-order valence-corrected chi connectivity index (χ1v) is 2.74. The summed E-state index contributed by atoms with van der Waals surface area (Å²) < 4.78 is 0. The molecule has 8 heavy (non-hydrogen) atoms. The molecule has 0 aromatic rings. The SMILES string of the molecule is B1=CC=C2C=CC=C12. The summed E-state index contributed by atoms with van der Waals surface area (Å²) in [5.74, 6) is 2.07. The Balaban J connectivity index is 2.59. The number of hydrogen-bond acceptors (Lipinski definition) is 0. The maximum atomic E-state index is 2.12. The van der Waals surface area contributed by atoms with Gasteiger partial charge in [-0.05, 0) is 0 Å². The van der Waals surface area contributed by atoms with E-state index in [4.69, 9.17) is 0 Å². The van der Waals surface area contributed by atoms with Crippen LogP contribution in [-0.2, 0) is 0 Å². The predicted molar refractivity (Wildman–Crippen MR) is 37.1 cm³/mol. The second-order valence-corrected chi connectivity index (χ2v) is 1.96. The van der Waals surface area contributed by atoms with Gasteiger partial charge in [0.1, 0.15) is 0 Å². The number of fused-ring (bicyclic) bond motifs is 1. The van der Waals surface area contributed by atoms with Crippen LogP contribution in [0.25, 0.3) is 0 Å². The molecule has 0 aromatic carbocycles.